The first-order chi connectivity index (χ1) is 17.6. The Hall–Kier alpha value is -3.36. The molecule has 5 rings (SSSR count). The molecule has 0 saturated carbocycles. The molecule has 0 radical (unpaired) electrons. The lowest BCUT2D eigenvalue weighted by Crippen LogP contribution is -3.14. The van der Waals surface area contributed by atoms with Crippen LogP contribution in [0.1, 0.15) is 48.0 Å². The first-order valence-corrected chi connectivity index (χ1v) is 12.8. The molecule has 2 aliphatic rings. The van der Waals surface area contributed by atoms with Crippen molar-refractivity contribution in [2.75, 3.05) is 52.6 Å². The molecule has 1 amide bonds. The van der Waals surface area contributed by atoms with E-state index >= 15 is 0 Å². The third-order valence-corrected chi connectivity index (χ3v) is 6.89. The Morgan fingerprint density at radius 2 is 1.75 bits per heavy atom. The minimum atomic E-state index is -0.553. The molecule has 36 heavy (non-hydrogen) atoms. The summed E-state index contributed by atoms with van der Waals surface area (Å²) in [5, 5.41) is 0.477. The molecule has 1 aromatic heterocycles. The zero-order valence-electron chi connectivity index (χ0n) is 20.9. The average Bonchev–Trinajstić information content (AvgIpc) is 3.18. The lowest BCUT2D eigenvalue weighted by molar-refractivity contribution is -0.908. The summed E-state index contributed by atoms with van der Waals surface area (Å²) in [6, 6.07) is 12.2. The van der Waals surface area contributed by atoms with E-state index in [1.165, 1.54) is 4.90 Å². The van der Waals surface area contributed by atoms with Crippen molar-refractivity contribution in [3.05, 3.63) is 69.6 Å². The maximum Gasteiger partial charge on any atom is 0.290 e. The molecule has 1 saturated heterocycles. The highest BCUT2D eigenvalue weighted by Gasteiger charge is 2.42. The zero-order chi connectivity index (χ0) is 25.1. The van der Waals surface area contributed by atoms with Crippen molar-refractivity contribution in [3.63, 3.8) is 0 Å². The zero-order valence-corrected chi connectivity index (χ0v) is 20.9. The fourth-order valence-corrected chi connectivity index (χ4v) is 5.19. The van der Waals surface area contributed by atoms with Crippen LogP contribution in [0.2, 0.25) is 0 Å². The van der Waals surface area contributed by atoms with Gasteiger partial charge in [0.25, 0.3) is 5.91 Å². The van der Waals surface area contributed by atoms with Gasteiger partial charge in [0.15, 0.2) is 16.9 Å². The number of fused-ring (bicyclic) bond motifs is 2. The number of para-hydroxylation sites is 1. The standard InChI is InChI=1S/C28H32N2O6/c1-3-34-22-11-10-19(18-23(22)35-4-2)25-24-26(31)20-8-5-6-9-21(20)36-27(24)28(32)30(25)13-7-12-29-14-16-33-17-15-29/h5-6,8-11,18,25H,3-4,7,12-17H2,1-2H3/p+1. The largest absolute Gasteiger partial charge is 0.490 e. The van der Waals surface area contributed by atoms with E-state index < -0.39 is 6.04 Å². The van der Waals surface area contributed by atoms with Crippen molar-refractivity contribution in [3.8, 4) is 11.5 Å². The van der Waals surface area contributed by atoms with Gasteiger partial charge in [-0.25, -0.2) is 0 Å². The van der Waals surface area contributed by atoms with Crippen LogP contribution in [0.25, 0.3) is 11.0 Å². The van der Waals surface area contributed by atoms with E-state index in [1.807, 2.05) is 38.1 Å². The van der Waals surface area contributed by atoms with Gasteiger partial charge in [0.2, 0.25) is 5.76 Å². The van der Waals surface area contributed by atoms with Gasteiger partial charge in [0.1, 0.15) is 18.7 Å². The average molecular weight is 494 g/mol. The molecule has 2 aromatic carbocycles. The second kappa shape index (κ2) is 10.7. The van der Waals surface area contributed by atoms with Crippen LogP contribution in [0.15, 0.2) is 51.7 Å². The van der Waals surface area contributed by atoms with E-state index in [0.717, 1.165) is 44.8 Å². The highest BCUT2D eigenvalue weighted by molar-refractivity contribution is 5.99. The van der Waals surface area contributed by atoms with Gasteiger partial charge in [0.05, 0.1) is 50.0 Å². The Kier molecular flexibility index (Phi) is 7.25. The Balaban J connectivity index is 1.55. The number of carbonyl (C=O) groups excluding carboxylic acids is 1. The predicted molar refractivity (Wildman–Crippen MR) is 135 cm³/mol. The van der Waals surface area contributed by atoms with Crippen LogP contribution in [0.3, 0.4) is 0 Å². The van der Waals surface area contributed by atoms with Gasteiger partial charge in [-0.2, -0.15) is 0 Å². The number of rotatable bonds is 9. The van der Waals surface area contributed by atoms with Crippen LogP contribution in [-0.2, 0) is 4.74 Å². The Bertz CT molecular complexity index is 1300. The molecular formula is C28H33N2O6+. The second-order valence-corrected chi connectivity index (χ2v) is 9.11. The number of benzene rings is 2. The van der Waals surface area contributed by atoms with Gasteiger partial charge in [0, 0.05) is 13.0 Å². The lowest BCUT2D eigenvalue weighted by atomic mass is 9.98. The number of hydrogen-bond donors (Lipinski definition) is 1. The summed E-state index contributed by atoms with van der Waals surface area (Å²) in [5.74, 6) is 1.12. The molecule has 3 aromatic rings. The summed E-state index contributed by atoms with van der Waals surface area (Å²) in [6.07, 6.45) is 0.814. The summed E-state index contributed by atoms with van der Waals surface area (Å²) < 4.78 is 23.1. The number of carbonyl (C=O) groups is 1. The molecule has 190 valence electrons. The van der Waals surface area contributed by atoms with Crippen molar-refractivity contribution in [1.29, 1.82) is 0 Å². The van der Waals surface area contributed by atoms with E-state index in [9.17, 15) is 9.59 Å². The Labute approximate surface area is 210 Å². The summed E-state index contributed by atoms with van der Waals surface area (Å²) >= 11 is 0. The third-order valence-electron chi connectivity index (χ3n) is 6.89. The Morgan fingerprint density at radius 1 is 1.00 bits per heavy atom. The molecule has 1 atom stereocenters. The van der Waals surface area contributed by atoms with Gasteiger partial charge in [-0.05, 0) is 43.7 Å². The number of hydrogen-bond acceptors (Lipinski definition) is 6. The van der Waals surface area contributed by atoms with Crippen LogP contribution >= 0.6 is 0 Å². The maximum absolute atomic E-state index is 13.7. The summed E-state index contributed by atoms with van der Waals surface area (Å²) in [7, 11) is 0. The van der Waals surface area contributed by atoms with Gasteiger partial charge in [-0.1, -0.05) is 18.2 Å². The first kappa shape index (κ1) is 24.3. The topological polar surface area (TPSA) is 82.7 Å². The molecule has 1 unspecified atom stereocenters. The number of amides is 1. The molecule has 0 spiro atoms. The van der Waals surface area contributed by atoms with Gasteiger partial charge < -0.3 is 28.4 Å². The Morgan fingerprint density at radius 3 is 2.53 bits per heavy atom. The molecule has 2 aliphatic heterocycles. The quantitative estimate of drug-likeness (QED) is 0.493. The van der Waals surface area contributed by atoms with E-state index in [-0.39, 0.29) is 17.1 Å². The molecule has 8 nitrogen and oxygen atoms in total. The number of ether oxygens (including phenoxy) is 3. The van der Waals surface area contributed by atoms with Crippen LogP contribution in [0.5, 0.6) is 11.5 Å². The van der Waals surface area contributed by atoms with E-state index in [1.54, 1.807) is 23.1 Å². The van der Waals surface area contributed by atoms with Crippen molar-refractivity contribution < 1.29 is 28.3 Å². The molecule has 0 aliphatic carbocycles. The SMILES string of the molecule is CCOc1ccc(C2c3c(oc4ccccc4c3=O)C(=O)N2CCC[NH+]2CCOCC2)cc1OCC. The van der Waals surface area contributed by atoms with Crippen LogP contribution in [0, 0.1) is 0 Å². The number of quaternary nitrogens is 1. The molecular weight excluding hydrogens is 460 g/mol. The lowest BCUT2D eigenvalue weighted by Gasteiger charge is -2.28. The van der Waals surface area contributed by atoms with Crippen LogP contribution in [0.4, 0.5) is 0 Å². The summed E-state index contributed by atoms with van der Waals surface area (Å²) in [4.78, 5) is 30.6. The van der Waals surface area contributed by atoms with Crippen LogP contribution in [-0.4, -0.2) is 63.4 Å². The predicted octanol–water partition coefficient (Wildman–Crippen LogP) is 2.44. The van der Waals surface area contributed by atoms with E-state index in [0.29, 0.717) is 47.8 Å². The molecule has 1 fully saturated rings. The van der Waals surface area contributed by atoms with Crippen LogP contribution < -0.4 is 19.8 Å². The molecule has 8 heteroatoms. The summed E-state index contributed by atoms with van der Waals surface area (Å²) in [5.41, 5.74) is 1.45. The minimum Gasteiger partial charge on any atom is -0.490 e. The summed E-state index contributed by atoms with van der Waals surface area (Å²) in [6.45, 7) is 9.75. The molecule has 3 heterocycles. The first-order valence-electron chi connectivity index (χ1n) is 12.8. The van der Waals surface area contributed by atoms with Gasteiger partial charge >= 0.3 is 0 Å². The maximum atomic E-state index is 13.7. The molecule has 0 bridgehead atoms. The second-order valence-electron chi connectivity index (χ2n) is 9.11. The monoisotopic (exact) mass is 493 g/mol. The minimum absolute atomic E-state index is 0.134. The van der Waals surface area contributed by atoms with Crippen molar-refractivity contribution in [1.82, 2.24) is 4.90 Å². The van der Waals surface area contributed by atoms with Gasteiger partial charge in [-0.15, -0.1) is 0 Å². The number of morpholine rings is 1. The van der Waals surface area contributed by atoms with Gasteiger partial charge in [-0.3, -0.25) is 9.59 Å². The highest BCUT2D eigenvalue weighted by Crippen LogP contribution is 2.41. The normalized spacial score (nSPS) is 18.0. The van der Waals surface area contributed by atoms with Crippen molar-refractivity contribution >= 4 is 16.9 Å². The van der Waals surface area contributed by atoms with E-state index in [2.05, 4.69) is 0 Å². The van der Waals surface area contributed by atoms with Crippen molar-refractivity contribution in [2.45, 2.75) is 26.3 Å². The highest BCUT2D eigenvalue weighted by atomic mass is 16.5. The molecule has 1 N–H and O–H groups in total. The fraction of sp³-hybridized carbons (Fsp3) is 0.429. The van der Waals surface area contributed by atoms with E-state index in [4.69, 9.17) is 18.6 Å². The van der Waals surface area contributed by atoms with Crippen molar-refractivity contribution in [2.24, 2.45) is 0 Å². The third kappa shape index (κ3) is 4.58. The smallest absolute Gasteiger partial charge is 0.290 e. The number of nitrogens with one attached hydrogen (secondary N) is 1. The fourth-order valence-electron chi connectivity index (χ4n) is 5.19. The number of nitrogens with zero attached hydrogens (tertiary/aromatic N) is 1.